The highest BCUT2D eigenvalue weighted by molar-refractivity contribution is 5.25. The van der Waals surface area contributed by atoms with Crippen molar-refractivity contribution in [3.63, 3.8) is 0 Å². The first-order chi connectivity index (χ1) is 16.3. The number of unbranched alkanes of at least 4 members (excludes halogenated alkanes) is 3. The number of fused-ring (bicyclic) bond motifs is 5. The van der Waals surface area contributed by atoms with Crippen LogP contribution >= 0.6 is 0 Å². The predicted octanol–water partition coefficient (Wildman–Crippen LogP) is 9.99. The van der Waals surface area contributed by atoms with Crippen molar-refractivity contribution in [3.05, 3.63) is 11.6 Å². The summed E-state index contributed by atoms with van der Waals surface area (Å²) in [5.74, 6) is 5.62. The third kappa shape index (κ3) is 5.35. The summed E-state index contributed by atoms with van der Waals surface area (Å²) in [6.07, 6.45) is 24.1. The van der Waals surface area contributed by atoms with Crippen LogP contribution in [0.4, 0.5) is 0 Å². The van der Waals surface area contributed by atoms with E-state index < -0.39 is 0 Å². The standard InChI is InChI=1S/C33H58O/c1-7-8-9-10-22-34-27-18-20-32(5)26(23-27)14-15-28-30-17-16-29(25(4)13-11-12-24(2)3)33(30,6)21-19-31(28)32/h14,24-25,27-31H,7-13,15-23H2,1-6H3/t25-,27?,28+,29-,30+,31+,32+,33-/m1/s1. The van der Waals surface area contributed by atoms with Gasteiger partial charge in [-0.15, -0.1) is 0 Å². The van der Waals surface area contributed by atoms with Gasteiger partial charge in [-0.2, -0.15) is 0 Å². The van der Waals surface area contributed by atoms with Crippen molar-refractivity contribution >= 4 is 0 Å². The molecule has 8 atom stereocenters. The van der Waals surface area contributed by atoms with Crippen LogP contribution in [0.1, 0.15) is 138 Å². The molecule has 0 saturated heterocycles. The Bertz CT molecular complexity index is 678. The van der Waals surface area contributed by atoms with Crippen LogP contribution in [0.3, 0.4) is 0 Å². The Hall–Kier alpha value is -0.300. The van der Waals surface area contributed by atoms with Crippen molar-refractivity contribution in [1.29, 1.82) is 0 Å². The average Bonchev–Trinajstić information content (AvgIpc) is 3.16. The lowest BCUT2D eigenvalue weighted by molar-refractivity contribution is -0.0641. The third-order valence-electron chi connectivity index (χ3n) is 11.6. The molecule has 3 fully saturated rings. The van der Waals surface area contributed by atoms with Gasteiger partial charge in [-0.25, -0.2) is 0 Å². The maximum absolute atomic E-state index is 6.39. The van der Waals surface area contributed by atoms with E-state index in [2.05, 4.69) is 47.6 Å². The van der Waals surface area contributed by atoms with Crippen LogP contribution in [-0.4, -0.2) is 12.7 Å². The first-order valence-corrected chi connectivity index (χ1v) is 15.6. The number of rotatable bonds is 11. The summed E-state index contributed by atoms with van der Waals surface area (Å²) in [6.45, 7) is 16.0. The van der Waals surface area contributed by atoms with Crippen molar-refractivity contribution in [2.75, 3.05) is 6.61 Å². The zero-order valence-corrected chi connectivity index (χ0v) is 23.8. The lowest BCUT2D eigenvalue weighted by Crippen LogP contribution is -2.51. The molecule has 196 valence electrons. The van der Waals surface area contributed by atoms with Crippen molar-refractivity contribution in [3.8, 4) is 0 Å². The highest BCUT2D eigenvalue weighted by atomic mass is 16.5. The largest absolute Gasteiger partial charge is 0.378 e. The monoisotopic (exact) mass is 470 g/mol. The van der Waals surface area contributed by atoms with Crippen LogP contribution in [0.5, 0.6) is 0 Å². The van der Waals surface area contributed by atoms with E-state index in [1.807, 2.05) is 0 Å². The summed E-state index contributed by atoms with van der Waals surface area (Å²) in [4.78, 5) is 0. The molecule has 0 spiro atoms. The Morgan fingerprint density at radius 3 is 2.50 bits per heavy atom. The lowest BCUT2D eigenvalue weighted by Gasteiger charge is -2.58. The van der Waals surface area contributed by atoms with Gasteiger partial charge in [0.2, 0.25) is 0 Å². The Kier molecular flexibility index (Phi) is 8.97. The van der Waals surface area contributed by atoms with Gasteiger partial charge in [0.05, 0.1) is 6.10 Å². The van der Waals surface area contributed by atoms with Gasteiger partial charge in [0, 0.05) is 6.61 Å². The Balaban J connectivity index is 1.37. The number of ether oxygens (including phenoxy) is 1. The van der Waals surface area contributed by atoms with Crippen molar-refractivity contribution in [2.24, 2.45) is 46.3 Å². The van der Waals surface area contributed by atoms with Gasteiger partial charge in [0.1, 0.15) is 0 Å². The normalized spacial score (nSPS) is 40.4. The summed E-state index contributed by atoms with van der Waals surface area (Å²) >= 11 is 0. The van der Waals surface area contributed by atoms with E-state index in [9.17, 15) is 0 Å². The second-order valence-corrected chi connectivity index (χ2v) is 14.1. The molecule has 0 N–H and O–H groups in total. The van der Waals surface area contributed by atoms with Gasteiger partial charge in [0.25, 0.3) is 0 Å². The smallest absolute Gasteiger partial charge is 0.0612 e. The topological polar surface area (TPSA) is 9.23 Å². The Morgan fingerprint density at radius 2 is 1.74 bits per heavy atom. The minimum Gasteiger partial charge on any atom is -0.378 e. The summed E-state index contributed by atoms with van der Waals surface area (Å²) in [6, 6.07) is 0. The molecular formula is C33H58O. The molecule has 34 heavy (non-hydrogen) atoms. The molecule has 1 nitrogen and oxygen atoms in total. The molecule has 0 bridgehead atoms. The van der Waals surface area contributed by atoms with E-state index in [0.717, 1.165) is 42.1 Å². The number of hydrogen-bond donors (Lipinski definition) is 0. The van der Waals surface area contributed by atoms with Gasteiger partial charge < -0.3 is 4.74 Å². The van der Waals surface area contributed by atoms with Crippen LogP contribution in [0.2, 0.25) is 0 Å². The van der Waals surface area contributed by atoms with Crippen LogP contribution in [-0.2, 0) is 4.74 Å². The van der Waals surface area contributed by atoms with E-state index in [1.165, 1.54) is 96.3 Å². The maximum Gasteiger partial charge on any atom is 0.0612 e. The first kappa shape index (κ1) is 26.8. The lowest BCUT2D eigenvalue weighted by atomic mass is 9.47. The van der Waals surface area contributed by atoms with Gasteiger partial charge >= 0.3 is 0 Å². The van der Waals surface area contributed by atoms with Crippen molar-refractivity contribution in [1.82, 2.24) is 0 Å². The molecule has 4 aliphatic carbocycles. The van der Waals surface area contributed by atoms with Gasteiger partial charge in [-0.1, -0.05) is 91.7 Å². The van der Waals surface area contributed by atoms with Crippen LogP contribution in [0.25, 0.3) is 0 Å². The van der Waals surface area contributed by atoms with E-state index in [4.69, 9.17) is 4.74 Å². The summed E-state index contributed by atoms with van der Waals surface area (Å²) in [5.41, 5.74) is 2.87. The van der Waals surface area contributed by atoms with Crippen LogP contribution in [0, 0.1) is 46.3 Å². The van der Waals surface area contributed by atoms with E-state index in [0.29, 0.717) is 16.9 Å². The first-order valence-electron chi connectivity index (χ1n) is 15.6. The molecule has 0 radical (unpaired) electrons. The minimum absolute atomic E-state index is 0.466. The molecule has 3 saturated carbocycles. The number of hydrogen-bond acceptors (Lipinski definition) is 1. The molecule has 1 unspecified atom stereocenters. The fourth-order valence-electron chi connectivity index (χ4n) is 9.57. The molecule has 0 aliphatic heterocycles. The molecule has 0 amide bonds. The third-order valence-corrected chi connectivity index (χ3v) is 11.6. The molecule has 0 aromatic carbocycles. The van der Waals surface area contributed by atoms with Gasteiger partial charge in [0.15, 0.2) is 0 Å². The quantitative estimate of drug-likeness (QED) is 0.215. The molecule has 0 heterocycles. The second-order valence-electron chi connectivity index (χ2n) is 14.1. The Labute approximate surface area is 213 Å². The zero-order chi connectivity index (χ0) is 24.3. The Morgan fingerprint density at radius 1 is 0.912 bits per heavy atom. The van der Waals surface area contributed by atoms with Gasteiger partial charge in [-0.3, -0.25) is 0 Å². The fraction of sp³-hybridized carbons (Fsp3) is 0.939. The van der Waals surface area contributed by atoms with Crippen molar-refractivity contribution in [2.45, 2.75) is 144 Å². The molecule has 4 rings (SSSR count). The fourth-order valence-corrected chi connectivity index (χ4v) is 9.57. The summed E-state index contributed by atoms with van der Waals surface area (Å²) < 4.78 is 6.39. The van der Waals surface area contributed by atoms with E-state index in [-0.39, 0.29) is 0 Å². The summed E-state index contributed by atoms with van der Waals surface area (Å²) in [7, 11) is 0. The second kappa shape index (κ2) is 11.4. The van der Waals surface area contributed by atoms with Crippen LogP contribution < -0.4 is 0 Å². The molecule has 1 heteroatoms. The summed E-state index contributed by atoms with van der Waals surface area (Å²) in [5, 5.41) is 0. The predicted molar refractivity (Wildman–Crippen MR) is 147 cm³/mol. The van der Waals surface area contributed by atoms with Crippen molar-refractivity contribution < 1.29 is 4.74 Å². The van der Waals surface area contributed by atoms with Crippen LogP contribution in [0.15, 0.2) is 11.6 Å². The van der Waals surface area contributed by atoms with Gasteiger partial charge in [-0.05, 0) is 104 Å². The molecule has 0 aromatic heterocycles. The minimum atomic E-state index is 0.466. The molecule has 0 aromatic rings. The SMILES string of the molecule is CCCCCCOC1CC[C@@]2(C)C(=CC[C@H]3[C@@H]4CC[C@H]([C@H](C)CCCC(C)C)[C@@]4(C)CC[C@@H]32)C1. The number of allylic oxidation sites excluding steroid dienone is 1. The van der Waals surface area contributed by atoms with E-state index >= 15 is 0 Å². The maximum atomic E-state index is 6.39. The average molecular weight is 471 g/mol. The van der Waals surface area contributed by atoms with E-state index in [1.54, 1.807) is 5.57 Å². The highest BCUT2D eigenvalue weighted by Gasteiger charge is 2.59. The highest BCUT2D eigenvalue weighted by Crippen LogP contribution is 2.67. The molecule has 4 aliphatic rings. The molecular weight excluding hydrogens is 412 g/mol. The zero-order valence-electron chi connectivity index (χ0n) is 23.8.